The van der Waals surface area contributed by atoms with Crippen LogP contribution >= 0.6 is 0 Å². The third-order valence-electron chi connectivity index (χ3n) is 3.23. The van der Waals surface area contributed by atoms with Crippen LogP contribution in [0.15, 0.2) is 24.3 Å². The first-order chi connectivity index (χ1) is 9.25. The molecule has 1 aliphatic rings. The van der Waals surface area contributed by atoms with Gasteiger partial charge in [0.1, 0.15) is 0 Å². The second kappa shape index (κ2) is 7.26. The first-order valence-corrected chi connectivity index (χ1v) is 6.81. The molecule has 4 heteroatoms. The topological polar surface area (TPSA) is 55.8 Å². The normalized spacial score (nSPS) is 19.3. The smallest absolute Gasteiger partial charge is 0.335 e. The summed E-state index contributed by atoms with van der Waals surface area (Å²) in [6.07, 6.45) is 4.94. The summed E-state index contributed by atoms with van der Waals surface area (Å²) >= 11 is 0. The first-order valence-electron chi connectivity index (χ1n) is 6.81. The third kappa shape index (κ3) is 4.65. The van der Waals surface area contributed by atoms with Gasteiger partial charge in [-0.25, -0.2) is 4.79 Å². The lowest BCUT2D eigenvalue weighted by Crippen LogP contribution is -2.22. The minimum absolute atomic E-state index is 0.0425. The molecule has 0 saturated carbocycles. The van der Waals surface area contributed by atoms with Crippen molar-refractivity contribution in [3.8, 4) is 0 Å². The minimum Gasteiger partial charge on any atom is -0.478 e. The van der Waals surface area contributed by atoms with Gasteiger partial charge in [0, 0.05) is 6.61 Å². The summed E-state index contributed by atoms with van der Waals surface area (Å²) in [4.78, 5) is 10.8. The maximum Gasteiger partial charge on any atom is 0.335 e. The number of carboxylic acids is 1. The Kier molecular flexibility index (Phi) is 5.36. The zero-order chi connectivity index (χ0) is 13.5. The summed E-state index contributed by atoms with van der Waals surface area (Å²) in [5, 5.41) is 8.91. The highest BCUT2D eigenvalue weighted by Gasteiger charge is 2.13. The zero-order valence-electron chi connectivity index (χ0n) is 11.0. The Labute approximate surface area is 113 Å². The van der Waals surface area contributed by atoms with E-state index in [1.165, 1.54) is 6.42 Å². The van der Waals surface area contributed by atoms with E-state index in [0.29, 0.717) is 12.2 Å². The van der Waals surface area contributed by atoms with Gasteiger partial charge in [-0.05, 0) is 49.8 Å². The molecular weight excluding hydrogens is 244 g/mol. The third-order valence-corrected chi connectivity index (χ3v) is 3.23. The molecule has 0 spiro atoms. The quantitative estimate of drug-likeness (QED) is 0.803. The van der Waals surface area contributed by atoms with E-state index in [4.69, 9.17) is 14.6 Å². The van der Waals surface area contributed by atoms with E-state index >= 15 is 0 Å². The molecule has 0 aliphatic carbocycles. The second-order valence-corrected chi connectivity index (χ2v) is 4.78. The van der Waals surface area contributed by atoms with Crippen molar-refractivity contribution in [1.82, 2.24) is 0 Å². The zero-order valence-corrected chi connectivity index (χ0v) is 11.0. The van der Waals surface area contributed by atoms with Crippen LogP contribution in [0.25, 0.3) is 0 Å². The Morgan fingerprint density at radius 3 is 3.05 bits per heavy atom. The van der Waals surface area contributed by atoms with Crippen LogP contribution in [0.5, 0.6) is 0 Å². The van der Waals surface area contributed by atoms with E-state index < -0.39 is 5.97 Å². The van der Waals surface area contributed by atoms with Crippen LogP contribution in [0.4, 0.5) is 0 Å². The van der Waals surface area contributed by atoms with Crippen LogP contribution < -0.4 is 0 Å². The van der Waals surface area contributed by atoms with Gasteiger partial charge in [0.2, 0.25) is 0 Å². The van der Waals surface area contributed by atoms with Crippen LogP contribution in [0.1, 0.15) is 41.6 Å². The summed E-state index contributed by atoms with van der Waals surface area (Å²) in [5.74, 6) is -0.881. The van der Waals surface area contributed by atoms with E-state index in [0.717, 1.165) is 37.9 Å². The lowest BCUT2D eigenvalue weighted by Gasteiger charge is -2.22. The van der Waals surface area contributed by atoms with E-state index in [-0.39, 0.29) is 6.29 Å². The number of benzene rings is 1. The molecule has 2 rings (SSSR count). The Morgan fingerprint density at radius 1 is 1.42 bits per heavy atom. The average Bonchev–Trinajstić information content (AvgIpc) is 2.45. The molecule has 1 heterocycles. The van der Waals surface area contributed by atoms with Gasteiger partial charge in [0.05, 0.1) is 12.2 Å². The number of ether oxygens (including phenoxy) is 2. The monoisotopic (exact) mass is 264 g/mol. The average molecular weight is 264 g/mol. The van der Waals surface area contributed by atoms with Gasteiger partial charge in [-0.3, -0.25) is 0 Å². The lowest BCUT2D eigenvalue weighted by molar-refractivity contribution is -0.162. The second-order valence-electron chi connectivity index (χ2n) is 4.78. The molecule has 19 heavy (non-hydrogen) atoms. The highest BCUT2D eigenvalue weighted by atomic mass is 16.7. The summed E-state index contributed by atoms with van der Waals surface area (Å²) in [6, 6.07) is 7.06. The van der Waals surface area contributed by atoms with Crippen LogP contribution in [0, 0.1) is 0 Å². The summed E-state index contributed by atoms with van der Waals surface area (Å²) in [5.41, 5.74) is 1.38. The van der Waals surface area contributed by atoms with Crippen molar-refractivity contribution >= 4 is 5.97 Å². The summed E-state index contributed by atoms with van der Waals surface area (Å²) in [7, 11) is 0. The van der Waals surface area contributed by atoms with Gasteiger partial charge in [-0.2, -0.15) is 0 Å². The molecule has 104 valence electrons. The van der Waals surface area contributed by atoms with Gasteiger partial charge in [0.15, 0.2) is 6.29 Å². The van der Waals surface area contributed by atoms with Gasteiger partial charge < -0.3 is 14.6 Å². The number of hydrogen-bond acceptors (Lipinski definition) is 3. The number of aryl methyl sites for hydroxylation is 1. The Balaban J connectivity index is 1.70. The van der Waals surface area contributed by atoms with Crippen molar-refractivity contribution in [2.75, 3.05) is 13.2 Å². The van der Waals surface area contributed by atoms with E-state index in [1.54, 1.807) is 18.2 Å². The van der Waals surface area contributed by atoms with Crippen molar-refractivity contribution in [2.45, 2.75) is 38.4 Å². The molecule has 1 aromatic carbocycles. The first kappa shape index (κ1) is 14.0. The molecule has 1 aromatic rings. The molecule has 0 radical (unpaired) electrons. The van der Waals surface area contributed by atoms with Crippen LogP contribution in [0.3, 0.4) is 0 Å². The molecule has 1 unspecified atom stereocenters. The number of hydrogen-bond donors (Lipinski definition) is 1. The molecule has 1 saturated heterocycles. The minimum atomic E-state index is -0.881. The van der Waals surface area contributed by atoms with Crippen molar-refractivity contribution in [1.29, 1.82) is 0 Å². The van der Waals surface area contributed by atoms with Crippen molar-refractivity contribution in [3.63, 3.8) is 0 Å². The molecule has 4 nitrogen and oxygen atoms in total. The van der Waals surface area contributed by atoms with Crippen molar-refractivity contribution in [2.24, 2.45) is 0 Å². The van der Waals surface area contributed by atoms with E-state index in [2.05, 4.69) is 0 Å². The highest BCUT2D eigenvalue weighted by Crippen LogP contribution is 2.14. The highest BCUT2D eigenvalue weighted by molar-refractivity contribution is 5.87. The van der Waals surface area contributed by atoms with E-state index in [1.807, 2.05) is 6.07 Å². The van der Waals surface area contributed by atoms with Gasteiger partial charge in [-0.1, -0.05) is 12.1 Å². The fourth-order valence-electron chi connectivity index (χ4n) is 2.19. The van der Waals surface area contributed by atoms with Crippen molar-refractivity contribution < 1.29 is 19.4 Å². The predicted octanol–water partition coefficient (Wildman–Crippen LogP) is 2.86. The number of carbonyl (C=O) groups is 1. The predicted molar refractivity (Wildman–Crippen MR) is 71.3 cm³/mol. The lowest BCUT2D eigenvalue weighted by atomic mass is 10.1. The SMILES string of the molecule is O=C(O)c1cccc(CCCOC2CCCCO2)c1. The van der Waals surface area contributed by atoms with Gasteiger partial charge >= 0.3 is 5.97 Å². The Morgan fingerprint density at radius 2 is 2.32 bits per heavy atom. The van der Waals surface area contributed by atoms with Crippen molar-refractivity contribution in [3.05, 3.63) is 35.4 Å². The Bertz CT molecular complexity index is 410. The van der Waals surface area contributed by atoms with Crippen LogP contribution in [-0.2, 0) is 15.9 Å². The summed E-state index contributed by atoms with van der Waals surface area (Å²) < 4.78 is 11.1. The van der Waals surface area contributed by atoms with Crippen LogP contribution in [0.2, 0.25) is 0 Å². The number of carboxylic acid groups (broad SMARTS) is 1. The van der Waals surface area contributed by atoms with Gasteiger partial charge in [-0.15, -0.1) is 0 Å². The maximum atomic E-state index is 10.8. The molecule has 0 bridgehead atoms. The summed E-state index contributed by atoms with van der Waals surface area (Å²) in [6.45, 7) is 1.45. The Hall–Kier alpha value is -1.39. The van der Waals surface area contributed by atoms with Crippen LogP contribution in [-0.4, -0.2) is 30.6 Å². The fraction of sp³-hybridized carbons (Fsp3) is 0.533. The number of rotatable bonds is 6. The standard InChI is InChI=1S/C15H20O4/c16-15(17)13-7-3-5-12(11-13)6-4-10-19-14-8-1-2-9-18-14/h3,5,7,11,14H,1-2,4,6,8-10H2,(H,16,17). The largest absolute Gasteiger partial charge is 0.478 e. The number of aromatic carboxylic acids is 1. The molecule has 0 amide bonds. The fourth-order valence-corrected chi connectivity index (χ4v) is 2.19. The molecular formula is C15H20O4. The molecule has 1 aliphatic heterocycles. The molecule has 1 atom stereocenters. The van der Waals surface area contributed by atoms with Gasteiger partial charge in [0.25, 0.3) is 0 Å². The maximum absolute atomic E-state index is 10.8. The molecule has 0 aromatic heterocycles. The molecule has 1 N–H and O–H groups in total. The molecule has 1 fully saturated rings. The van der Waals surface area contributed by atoms with E-state index in [9.17, 15) is 4.79 Å².